The number of aliphatic carboxylic acids is 1. The number of halogens is 1. The molecule has 3 rings (SSSR count). The fourth-order valence-electron chi connectivity index (χ4n) is 2.56. The number of hydrogen-bond donors (Lipinski definition) is 1. The summed E-state index contributed by atoms with van der Waals surface area (Å²) >= 11 is 6.08. The first-order valence-electron chi connectivity index (χ1n) is 5.91. The van der Waals surface area contributed by atoms with Crippen molar-refractivity contribution in [3.63, 3.8) is 0 Å². The molecule has 1 N–H and O–H groups in total. The quantitative estimate of drug-likeness (QED) is 0.889. The lowest BCUT2D eigenvalue weighted by Gasteiger charge is -2.17. The standard InChI is InChI=1S/C13H12ClNO3/c14-10-2-1-3-11-7(10)4-5-15(11)12(16)8-6-9(8)13(17)18/h1-3,8-9H,4-6H2,(H,17,18). The second kappa shape index (κ2) is 3.99. The number of carboxylic acid groups (broad SMARTS) is 1. The molecule has 1 aliphatic carbocycles. The topological polar surface area (TPSA) is 57.6 Å². The molecule has 1 fully saturated rings. The summed E-state index contributed by atoms with van der Waals surface area (Å²) in [7, 11) is 0. The van der Waals surface area contributed by atoms with Crippen LogP contribution in [0.4, 0.5) is 5.69 Å². The minimum atomic E-state index is -0.876. The molecule has 18 heavy (non-hydrogen) atoms. The molecule has 2 atom stereocenters. The summed E-state index contributed by atoms with van der Waals surface area (Å²) in [5.41, 5.74) is 1.82. The van der Waals surface area contributed by atoms with Gasteiger partial charge < -0.3 is 10.0 Å². The number of nitrogens with zero attached hydrogens (tertiary/aromatic N) is 1. The molecule has 2 aliphatic rings. The van der Waals surface area contributed by atoms with E-state index in [2.05, 4.69) is 0 Å². The Morgan fingerprint density at radius 1 is 1.33 bits per heavy atom. The van der Waals surface area contributed by atoms with Crippen LogP contribution < -0.4 is 4.90 Å². The molecule has 0 saturated heterocycles. The van der Waals surface area contributed by atoms with Crippen LogP contribution in [0.5, 0.6) is 0 Å². The third-order valence-electron chi connectivity index (χ3n) is 3.66. The van der Waals surface area contributed by atoms with E-state index < -0.39 is 11.9 Å². The molecular weight excluding hydrogens is 254 g/mol. The fourth-order valence-corrected chi connectivity index (χ4v) is 2.83. The van der Waals surface area contributed by atoms with Crippen LogP contribution in [-0.4, -0.2) is 23.5 Å². The zero-order valence-corrected chi connectivity index (χ0v) is 10.4. The van der Waals surface area contributed by atoms with Crippen LogP contribution in [0.2, 0.25) is 5.02 Å². The summed E-state index contributed by atoms with van der Waals surface area (Å²) in [4.78, 5) is 24.7. The van der Waals surface area contributed by atoms with E-state index in [1.165, 1.54) is 0 Å². The van der Waals surface area contributed by atoms with Crippen LogP contribution in [0.3, 0.4) is 0 Å². The van der Waals surface area contributed by atoms with E-state index in [0.29, 0.717) is 18.0 Å². The second-order valence-electron chi connectivity index (χ2n) is 4.76. The van der Waals surface area contributed by atoms with Gasteiger partial charge in [0.25, 0.3) is 0 Å². The number of carboxylic acids is 1. The first-order chi connectivity index (χ1) is 8.59. The van der Waals surface area contributed by atoms with Crippen molar-refractivity contribution in [2.45, 2.75) is 12.8 Å². The normalized spacial score (nSPS) is 24.8. The van der Waals surface area contributed by atoms with Crippen LogP contribution in [0.15, 0.2) is 18.2 Å². The van der Waals surface area contributed by atoms with Crippen molar-refractivity contribution >= 4 is 29.2 Å². The van der Waals surface area contributed by atoms with Crippen molar-refractivity contribution in [3.8, 4) is 0 Å². The molecule has 0 spiro atoms. The predicted molar refractivity (Wildman–Crippen MR) is 66.7 cm³/mol. The minimum absolute atomic E-state index is 0.0802. The summed E-state index contributed by atoms with van der Waals surface area (Å²) in [6, 6.07) is 5.49. The Balaban J connectivity index is 1.83. The van der Waals surface area contributed by atoms with Crippen LogP contribution >= 0.6 is 11.6 Å². The van der Waals surface area contributed by atoms with Crippen molar-refractivity contribution in [3.05, 3.63) is 28.8 Å². The van der Waals surface area contributed by atoms with Gasteiger partial charge in [-0.1, -0.05) is 17.7 Å². The highest BCUT2D eigenvalue weighted by molar-refractivity contribution is 6.32. The zero-order chi connectivity index (χ0) is 12.9. The monoisotopic (exact) mass is 265 g/mol. The Bertz CT molecular complexity index is 543. The highest BCUT2D eigenvalue weighted by Gasteiger charge is 2.50. The highest BCUT2D eigenvalue weighted by atomic mass is 35.5. The number of anilines is 1. The maximum atomic E-state index is 12.2. The van der Waals surface area contributed by atoms with Crippen molar-refractivity contribution in [2.75, 3.05) is 11.4 Å². The maximum absolute atomic E-state index is 12.2. The van der Waals surface area contributed by atoms with E-state index in [0.717, 1.165) is 17.7 Å². The van der Waals surface area contributed by atoms with E-state index in [4.69, 9.17) is 16.7 Å². The van der Waals surface area contributed by atoms with Crippen LogP contribution in [0.25, 0.3) is 0 Å². The first-order valence-corrected chi connectivity index (χ1v) is 6.29. The Morgan fingerprint density at radius 3 is 2.78 bits per heavy atom. The Hall–Kier alpha value is -1.55. The zero-order valence-electron chi connectivity index (χ0n) is 9.60. The van der Waals surface area contributed by atoms with Gasteiger partial charge in [0.05, 0.1) is 11.8 Å². The van der Waals surface area contributed by atoms with Gasteiger partial charge in [-0.15, -0.1) is 0 Å². The number of amides is 1. The maximum Gasteiger partial charge on any atom is 0.307 e. The average Bonchev–Trinajstić information content (AvgIpc) is 3.02. The molecule has 1 amide bonds. The van der Waals surface area contributed by atoms with Crippen LogP contribution in [-0.2, 0) is 16.0 Å². The molecule has 0 aromatic heterocycles. The number of benzene rings is 1. The number of hydrogen-bond acceptors (Lipinski definition) is 2. The minimum Gasteiger partial charge on any atom is -0.481 e. The smallest absolute Gasteiger partial charge is 0.307 e. The Morgan fingerprint density at radius 2 is 2.11 bits per heavy atom. The molecular formula is C13H12ClNO3. The molecule has 1 aromatic rings. The first kappa shape index (κ1) is 11.5. The molecule has 1 aromatic carbocycles. The van der Waals surface area contributed by atoms with Gasteiger partial charge in [0.15, 0.2) is 0 Å². The SMILES string of the molecule is O=C(O)C1CC1C(=O)N1CCc2c(Cl)cccc21. The van der Waals surface area contributed by atoms with Gasteiger partial charge in [0.1, 0.15) is 0 Å². The van der Waals surface area contributed by atoms with Gasteiger partial charge in [-0.05, 0) is 30.5 Å². The molecule has 94 valence electrons. The highest BCUT2D eigenvalue weighted by Crippen LogP contribution is 2.43. The molecule has 0 bridgehead atoms. The number of carbonyl (C=O) groups is 2. The third kappa shape index (κ3) is 1.68. The van der Waals surface area contributed by atoms with E-state index in [-0.39, 0.29) is 11.8 Å². The van der Waals surface area contributed by atoms with E-state index in [1.807, 2.05) is 18.2 Å². The average molecular weight is 266 g/mol. The second-order valence-corrected chi connectivity index (χ2v) is 5.17. The molecule has 0 radical (unpaired) electrons. The number of fused-ring (bicyclic) bond motifs is 1. The summed E-state index contributed by atoms with van der Waals surface area (Å²) < 4.78 is 0. The Kier molecular flexibility index (Phi) is 2.55. The van der Waals surface area contributed by atoms with Crippen molar-refractivity contribution in [2.24, 2.45) is 11.8 Å². The summed E-state index contributed by atoms with van der Waals surface area (Å²) in [5.74, 6) is -1.81. The van der Waals surface area contributed by atoms with Crippen molar-refractivity contribution in [1.29, 1.82) is 0 Å². The van der Waals surface area contributed by atoms with Gasteiger partial charge in [0.2, 0.25) is 5.91 Å². The van der Waals surface area contributed by atoms with Gasteiger partial charge >= 0.3 is 5.97 Å². The van der Waals surface area contributed by atoms with Crippen molar-refractivity contribution in [1.82, 2.24) is 0 Å². The van der Waals surface area contributed by atoms with E-state index in [9.17, 15) is 9.59 Å². The lowest BCUT2D eigenvalue weighted by atomic mass is 10.2. The summed E-state index contributed by atoms with van der Waals surface area (Å²) in [6.45, 7) is 0.598. The Labute approximate surface area is 109 Å². The van der Waals surface area contributed by atoms with Crippen LogP contribution in [0.1, 0.15) is 12.0 Å². The molecule has 2 unspecified atom stereocenters. The molecule has 5 heteroatoms. The lowest BCUT2D eigenvalue weighted by molar-refractivity contribution is -0.140. The summed E-state index contributed by atoms with van der Waals surface area (Å²) in [6.07, 6.45) is 1.20. The number of rotatable bonds is 2. The molecule has 1 saturated carbocycles. The number of carbonyl (C=O) groups excluding carboxylic acids is 1. The van der Waals surface area contributed by atoms with Gasteiger partial charge in [-0.25, -0.2) is 0 Å². The third-order valence-corrected chi connectivity index (χ3v) is 4.02. The van der Waals surface area contributed by atoms with Gasteiger partial charge in [-0.2, -0.15) is 0 Å². The van der Waals surface area contributed by atoms with Gasteiger partial charge in [-0.3, -0.25) is 9.59 Å². The summed E-state index contributed by atoms with van der Waals surface area (Å²) in [5, 5.41) is 9.54. The lowest BCUT2D eigenvalue weighted by Crippen LogP contribution is -2.31. The van der Waals surface area contributed by atoms with Crippen LogP contribution in [0, 0.1) is 11.8 Å². The fraction of sp³-hybridized carbons (Fsp3) is 0.385. The van der Waals surface area contributed by atoms with E-state index in [1.54, 1.807) is 4.90 Å². The molecule has 1 heterocycles. The molecule has 4 nitrogen and oxygen atoms in total. The van der Waals surface area contributed by atoms with E-state index >= 15 is 0 Å². The predicted octanol–water partition coefficient (Wildman–Crippen LogP) is 1.95. The van der Waals surface area contributed by atoms with Gasteiger partial charge in [0, 0.05) is 17.3 Å². The van der Waals surface area contributed by atoms with Crippen molar-refractivity contribution < 1.29 is 14.7 Å². The largest absolute Gasteiger partial charge is 0.481 e. The molecule has 1 aliphatic heterocycles.